The summed E-state index contributed by atoms with van der Waals surface area (Å²) in [4.78, 5) is 12.8. The molecule has 0 aliphatic carbocycles. The number of benzene rings is 3. The largest absolute Gasteiger partial charge is 0.375 e. The highest BCUT2D eigenvalue weighted by Gasteiger charge is 2.27. The van der Waals surface area contributed by atoms with Crippen LogP contribution in [0.3, 0.4) is 0 Å². The molecule has 0 saturated carbocycles. The number of nitrogens with zero attached hydrogens (tertiary/aromatic N) is 1. The van der Waals surface area contributed by atoms with E-state index >= 15 is 0 Å². The lowest BCUT2D eigenvalue weighted by Gasteiger charge is -2.25. The van der Waals surface area contributed by atoms with Crippen molar-refractivity contribution >= 4 is 21.6 Å². The molecule has 0 aromatic heterocycles. The molecule has 7 heteroatoms. The number of ether oxygens (including phenoxy) is 1. The first-order chi connectivity index (χ1) is 15.8. The maximum atomic E-state index is 13.4. The molecule has 174 valence electrons. The first kappa shape index (κ1) is 24.5. The third kappa shape index (κ3) is 6.66. The quantitative estimate of drug-likeness (QED) is 0.456. The lowest BCUT2D eigenvalue weighted by atomic mass is 10.1. The summed E-state index contributed by atoms with van der Waals surface area (Å²) in [5.74, 6) is -0.396. The molecule has 6 nitrogen and oxygen atoms in total. The zero-order valence-electron chi connectivity index (χ0n) is 19.2. The van der Waals surface area contributed by atoms with Gasteiger partial charge in [0.05, 0.1) is 23.8 Å². The number of carbonyl (C=O) groups is 1. The fourth-order valence-corrected chi connectivity index (χ4v) is 4.66. The molecule has 0 saturated heterocycles. The summed E-state index contributed by atoms with van der Waals surface area (Å²) in [5, 5.41) is 2.76. The van der Waals surface area contributed by atoms with Crippen LogP contribution in [-0.4, -0.2) is 34.0 Å². The first-order valence-corrected chi connectivity index (χ1v) is 12.3. The predicted octanol–water partition coefficient (Wildman–Crippen LogP) is 4.14. The van der Waals surface area contributed by atoms with Gasteiger partial charge < -0.3 is 10.1 Å². The lowest BCUT2D eigenvalue weighted by molar-refractivity contribution is -0.119. The van der Waals surface area contributed by atoms with Crippen LogP contribution in [0.4, 0.5) is 5.69 Å². The second-order valence-corrected chi connectivity index (χ2v) is 9.84. The number of rotatable bonds is 10. The minimum atomic E-state index is -3.93. The normalized spacial score (nSPS) is 11.2. The van der Waals surface area contributed by atoms with Crippen molar-refractivity contribution in [2.45, 2.75) is 32.3 Å². The van der Waals surface area contributed by atoms with Gasteiger partial charge in [0.2, 0.25) is 5.91 Å². The minimum absolute atomic E-state index is 0.144. The number of aryl methyl sites for hydroxylation is 3. The van der Waals surface area contributed by atoms with Crippen LogP contribution in [0.5, 0.6) is 0 Å². The summed E-state index contributed by atoms with van der Waals surface area (Å²) >= 11 is 0. The Balaban J connectivity index is 1.69. The van der Waals surface area contributed by atoms with Gasteiger partial charge in [0.25, 0.3) is 10.0 Å². The summed E-state index contributed by atoms with van der Waals surface area (Å²) in [5.41, 5.74) is 4.46. The van der Waals surface area contributed by atoms with Crippen LogP contribution in [0.1, 0.15) is 22.3 Å². The number of hydrogen-bond donors (Lipinski definition) is 1. The standard InChI is InChI=1S/C26H30N2O4S/c1-20-9-13-25(14-10-20)33(30,31)28(24-12-11-21(2)22(3)17-24)18-26(29)27-15-16-32-19-23-7-5-4-6-8-23/h4-14,17H,15-16,18-19H2,1-3H3,(H,27,29). The number of anilines is 1. The van der Waals surface area contributed by atoms with E-state index in [0.717, 1.165) is 26.6 Å². The van der Waals surface area contributed by atoms with Crippen LogP contribution in [0, 0.1) is 20.8 Å². The second-order valence-electron chi connectivity index (χ2n) is 7.98. The molecule has 0 bridgehead atoms. The molecular formula is C26H30N2O4S. The summed E-state index contributed by atoms with van der Waals surface area (Å²) in [6.45, 7) is 6.52. The Morgan fingerprint density at radius 1 is 0.909 bits per heavy atom. The number of carbonyl (C=O) groups excluding carboxylic acids is 1. The minimum Gasteiger partial charge on any atom is -0.375 e. The van der Waals surface area contributed by atoms with E-state index < -0.39 is 15.9 Å². The van der Waals surface area contributed by atoms with Gasteiger partial charge in [0.15, 0.2) is 0 Å². The van der Waals surface area contributed by atoms with Gasteiger partial charge in [-0.3, -0.25) is 9.10 Å². The van der Waals surface area contributed by atoms with E-state index in [-0.39, 0.29) is 18.0 Å². The van der Waals surface area contributed by atoms with Crippen molar-refractivity contribution in [2.24, 2.45) is 0 Å². The first-order valence-electron chi connectivity index (χ1n) is 10.8. The van der Waals surface area contributed by atoms with Gasteiger partial charge in [-0.15, -0.1) is 0 Å². The third-order valence-electron chi connectivity index (χ3n) is 5.35. The SMILES string of the molecule is Cc1ccc(S(=O)(=O)N(CC(=O)NCCOCc2ccccc2)c2ccc(C)c(C)c2)cc1. The topological polar surface area (TPSA) is 75.7 Å². The molecule has 0 atom stereocenters. The molecule has 3 aromatic rings. The van der Waals surface area contributed by atoms with E-state index in [9.17, 15) is 13.2 Å². The molecule has 1 amide bonds. The van der Waals surface area contributed by atoms with Crippen molar-refractivity contribution in [3.05, 3.63) is 95.1 Å². The van der Waals surface area contributed by atoms with Crippen LogP contribution in [-0.2, 0) is 26.2 Å². The lowest BCUT2D eigenvalue weighted by Crippen LogP contribution is -2.41. The van der Waals surface area contributed by atoms with Crippen molar-refractivity contribution in [1.82, 2.24) is 5.32 Å². The molecule has 0 fully saturated rings. The molecule has 1 N–H and O–H groups in total. The van der Waals surface area contributed by atoms with E-state index in [1.807, 2.05) is 57.2 Å². The number of hydrogen-bond acceptors (Lipinski definition) is 4. The molecular weight excluding hydrogens is 436 g/mol. The molecule has 0 unspecified atom stereocenters. The highest BCUT2D eigenvalue weighted by atomic mass is 32.2. The highest BCUT2D eigenvalue weighted by Crippen LogP contribution is 2.26. The van der Waals surface area contributed by atoms with Gasteiger partial charge in [0.1, 0.15) is 6.54 Å². The van der Waals surface area contributed by atoms with E-state index in [0.29, 0.717) is 18.9 Å². The molecule has 0 heterocycles. The Kier molecular flexibility index (Phi) is 8.25. The Labute approximate surface area is 196 Å². The Hall–Kier alpha value is -3.16. The van der Waals surface area contributed by atoms with Crippen molar-refractivity contribution in [1.29, 1.82) is 0 Å². The Bertz CT molecular complexity index is 1180. The van der Waals surface area contributed by atoms with Gasteiger partial charge in [-0.05, 0) is 61.7 Å². The fourth-order valence-electron chi connectivity index (χ4n) is 3.25. The van der Waals surface area contributed by atoms with Crippen molar-refractivity contribution in [2.75, 3.05) is 24.0 Å². The number of nitrogens with one attached hydrogen (secondary N) is 1. The van der Waals surface area contributed by atoms with Gasteiger partial charge in [-0.2, -0.15) is 0 Å². The molecule has 0 radical (unpaired) electrons. The van der Waals surface area contributed by atoms with E-state index in [1.165, 1.54) is 0 Å². The molecule has 33 heavy (non-hydrogen) atoms. The highest BCUT2D eigenvalue weighted by molar-refractivity contribution is 7.92. The summed E-state index contributed by atoms with van der Waals surface area (Å²) in [7, 11) is -3.93. The van der Waals surface area contributed by atoms with Gasteiger partial charge in [-0.1, -0.05) is 54.1 Å². The fraction of sp³-hybridized carbons (Fsp3) is 0.269. The van der Waals surface area contributed by atoms with Crippen molar-refractivity contribution in [3.8, 4) is 0 Å². The van der Waals surface area contributed by atoms with Crippen LogP contribution < -0.4 is 9.62 Å². The van der Waals surface area contributed by atoms with Crippen molar-refractivity contribution in [3.63, 3.8) is 0 Å². The average molecular weight is 467 g/mol. The van der Waals surface area contributed by atoms with E-state index in [1.54, 1.807) is 36.4 Å². The van der Waals surface area contributed by atoms with E-state index in [4.69, 9.17) is 4.74 Å². The second kappa shape index (κ2) is 11.1. The Morgan fingerprint density at radius 3 is 2.27 bits per heavy atom. The smallest absolute Gasteiger partial charge is 0.264 e. The predicted molar refractivity (Wildman–Crippen MR) is 131 cm³/mol. The van der Waals surface area contributed by atoms with Crippen LogP contribution >= 0.6 is 0 Å². The van der Waals surface area contributed by atoms with Gasteiger partial charge in [-0.25, -0.2) is 8.42 Å². The summed E-state index contributed by atoms with van der Waals surface area (Å²) in [6, 6.07) is 21.8. The average Bonchev–Trinajstić information content (AvgIpc) is 2.80. The van der Waals surface area contributed by atoms with Crippen LogP contribution in [0.2, 0.25) is 0 Å². The molecule has 3 aromatic carbocycles. The maximum Gasteiger partial charge on any atom is 0.264 e. The maximum absolute atomic E-state index is 13.4. The molecule has 0 aliphatic rings. The Morgan fingerprint density at radius 2 is 1.61 bits per heavy atom. The van der Waals surface area contributed by atoms with Crippen molar-refractivity contribution < 1.29 is 17.9 Å². The number of sulfonamides is 1. The molecule has 0 aliphatic heterocycles. The van der Waals surface area contributed by atoms with Gasteiger partial charge in [0, 0.05) is 6.54 Å². The number of amides is 1. The monoisotopic (exact) mass is 466 g/mol. The van der Waals surface area contributed by atoms with Crippen LogP contribution in [0.25, 0.3) is 0 Å². The molecule has 0 spiro atoms. The summed E-state index contributed by atoms with van der Waals surface area (Å²) < 4.78 is 33.6. The third-order valence-corrected chi connectivity index (χ3v) is 7.14. The zero-order chi connectivity index (χ0) is 23.8. The summed E-state index contributed by atoms with van der Waals surface area (Å²) in [6.07, 6.45) is 0. The van der Waals surface area contributed by atoms with E-state index in [2.05, 4.69) is 5.32 Å². The van der Waals surface area contributed by atoms with Gasteiger partial charge >= 0.3 is 0 Å². The molecule has 3 rings (SSSR count). The zero-order valence-corrected chi connectivity index (χ0v) is 20.1. The van der Waals surface area contributed by atoms with Crippen LogP contribution in [0.15, 0.2) is 77.7 Å².